The Balaban J connectivity index is 2.50. The third-order valence-corrected chi connectivity index (χ3v) is 1.40. The van der Waals surface area contributed by atoms with E-state index < -0.39 is 5.97 Å². The van der Waals surface area contributed by atoms with Crippen LogP contribution in [-0.2, 0) is 4.79 Å². The molecule has 0 saturated heterocycles. The lowest BCUT2D eigenvalue weighted by atomic mass is 10.0. The van der Waals surface area contributed by atoms with E-state index in [1.165, 1.54) is 6.21 Å². The molecular weight excluding hydrogens is 118 g/mol. The van der Waals surface area contributed by atoms with Crippen LogP contribution in [0, 0.1) is 5.92 Å². The molecule has 0 aromatic carbocycles. The minimum atomic E-state index is -0.751. The van der Waals surface area contributed by atoms with Gasteiger partial charge in [0.05, 0.1) is 5.92 Å². The highest BCUT2D eigenvalue weighted by Gasteiger charge is 2.15. The van der Waals surface area contributed by atoms with Crippen LogP contribution >= 0.6 is 0 Å². The number of hydrogen-bond acceptors (Lipinski definition) is 2. The largest absolute Gasteiger partial charge is 0.481 e. The zero-order valence-electron chi connectivity index (χ0n) is 5.08. The summed E-state index contributed by atoms with van der Waals surface area (Å²) in [5.74, 6) is -1.07. The van der Waals surface area contributed by atoms with Crippen molar-refractivity contribution < 1.29 is 9.90 Å². The number of carbonyl (C=O) groups is 1. The molecule has 0 aromatic rings. The van der Waals surface area contributed by atoms with Crippen LogP contribution in [-0.4, -0.2) is 23.8 Å². The van der Waals surface area contributed by atoms with Gasteiger partial charge in [0.1, 0.15) is 0 Å². The van der Waals surface area contributed by atoms with Crippen LogP contribution in [0.3, 0.4) is 0 Å². The molecule has 1 unspecified atom stereocenters. The predicted octanol–water partition coefficient (Wildman–Crippen LogP) is 0.552. The monoisotopic (exact) mass is 127 g/mol. The van der Waals surface area contributed by atoms with Crippen LogP contribution in [0.4, 0.5) is 0 Å². The Morgan fingerprint density at radius 3 is 2.89 bits per heavy atom. The van der Waals surface area contributed by atoms with Gasteiger partial charge in [-0.05, 0) is 12.8 Å². The summed E-state index contributed by atoms with van der Waals surface area (Å²) in [5, 5.41) is 8.45. The van der Waals surface area contributed by atoms with Crippen LogP contribution in [0.15, 0.2) is 4.99 Å². The number of hydrogen-bond donors (Lipinski definition) is 1. The van der Waals surface area contributed by atoms with Gasteiger partial charge in [0.25, 0.3) is 0 Å². The highest BCUT2D eigenvalue weighted by Crippen LogP contribution is 2.08. The second-order valence-corrected chi connectivity index (χ2v) is 2.14. The molecule has 0 radical (unpaired) electrons. The number of aliphatic carboxylic acids is 1. The Morgan fingerprint density at radius 1 is 1.78 bits per heavy atom. The second kappa shape index (κ2) is 2.62. The molecule has 1 rings (SSSR count). The van der Waals surface area contributed by atoms with Gasteiger partial charge in [-0.2, -0.15) is 0 Å². The molecule has 50 valence electrons. The fraction of sp³-hybridized carbons (Fsp3) is 0.667. The van der Waals surface area contributed by atoms with Crippen LogP contribution in [0.2, 0.25) is 0 Å². The normalized spacial score (nSPS) is 26.0. The maximum atomic E-state index is 10.3. The minimum Gasteiger partial charge on any atom is -0.481 e. The van der Waals surface area contributed by atoms with Gasteiger partial charge in [0.2, 0.25) is 0 Å². The number of rotatable bonds is 1. The summed E-state index contributed by atoms with van der Waals surface area (Å²) < 4.78 is 0. The molecule has 3 nitrogen and oxygen atoms in total. The van der Waals surface area contributed by atoms with Gasteiger partial charge in [-0.25, -0.2) is 0 Å². The maximum Gasteiger partial charge on any atom is 0.311 e. The molecule has 0 fully saturated rings. The average Bonchev–Trinajstić information content (AvgIpc) is 1.90. The zero-order chi connectivity index (χ0) is 6.69. The van der Waals surface area contributed by atoms with Gasteiger partial charge >= 0.3 is 5.97 Å². The molecule has 1 atom stereocenters. The molecule has 3 heteroatoms. The standard InChI is InChI=1S/C6H9NO2/c8-6(9)5-2-1-3-7-4-5/h4-5H,1-3H2,(H,8,9). The van der Waals surface area contributed by atoms with E-state index in [9.17, 15) is 4.79 Å². The molecule has 1 heterocycles. The Hall–Kier alpha value is -0.860. The zero-order valence-corrected chi connectivity index (χ0v) is 5.08. The lowest BCUT2D eigenvalue weighted by Gasteiger charge is -2.09. The molecule has 9 heavy (non-hydrogen) atoms. The van der Waals surface area contributed by atoms with E-state index in [1.54, 1.807) is 0 Å². The van der Waals surface area contributed by atoms with Crippen molar-refractivity contribution >= 4 is 12.2 Å². The molecule has 1 N–H and O–H groups in total. The summed E-state index contributed by atoms with van der Waals surface area (Å²) >= 11 is 0. The van der Waals surface area contributed by atoms with Crippen LogP contribution < -0.4 is 0 Å². The van der Waals surface area contributed by atoms with Gasteiger partial charge in [-0.3, -0.25) is 9.79 Å². The topological polar surface area (TPSA) is 49.7 Å². The van der Waals surface area contributed by atoms with E-state index in [0.29, 0.717) is 0 Å². The van der Waals surface area contributed by atoms with Crippen LogP contribution in [0.25, 0.3) is 0 Å². The molecule has 0 spiro atoms. The summed E-state index contributed by atoms with van der Waals surface area (Å²) in [5.41, 5.74) is 0. The lowest BCUT2D eigenvalue weighted by Crippen LogP contribution is -2.18. The Morgan fingerprint density at radius 2 is 2.56 bits per heavy atom. The summed E-state index contributed by atoms with van der Waals surface area (Å²) in [4.78, 5) is 14.1. The SMILES string of the molecule is O=C(O)C1C=NCCC1. The molecule has 0 saturated carbocycles. The molecule has 1 aliphatic rings. The van der Waals surface area contributed by atoms with E-state index in [4.69, 9.17) is 5.11 Å². The molecule has 0 aliphatic carbocycles. The van der Waals surface area contributed by atoms with Crippen molar-refractivity contribution in [2.45, 2.75) is 12.8 Å². The molecular formula is C6H9NO2. The third kappa shape index (κ3) is 1.52. The minimum absolute atomic E-state index is 0.321. The van der Waals surface area contributed by atoms with Crippen LogP contribution in [0.1, 0.15) is 12.8 Å². The van der Waals surface area contributed by atoms with Crippen molar-refractivity contribution in [1.82, 2.24) is 0 Å². The summed E-state index contributed by atoms with van der Waals surface area (Å²) in [6.07, 6.45) is 3.19. The number of carboxylic acid groups (broad SMARTS) is 1. The third-order valence-electron chi connectivity index (χ3n) is 1.40. The van der Waals surface area contributed by atoms with Crippen molar-refractivity contribution in [3.8, 4) is 0 Å². The molecule has 0 amide bonds. The molecule has 0 bridgehead atoms. The summed E-state index contributed by atoms with van der Waals surface area (Å²) in [6, 6.07) is 0. The van der Waals surface area contributed by atoms with E-state index >= 15 is 0 Å². The van der Waals surface area contributed by atoms with Crippen molar-refractivity contribution in [2.24, 2.45) is 10.9 Å². The lowest BCUT2D eigenvalue weighted by molar-refractivity contribution is -0.139. The fourth-order valence-electron chi connectivity index (χ4n) is 0.866. The second-order valence-electron chi connectivity index (χ2n) is 2.14. The van der Waals surface area contributed by atoms with E-state index in [2.05, 4.69) is 4.99 Å². The van der Waals surface area contributed by atoms with Gasteiger partial charge < -0.3 is 5.11 Å². The highest BCUT2D eigenvalue weighted by atomic mass is 16.4. The number of nitrogens with zero attached hydrogens (tertiary/aromatic N) is 1. The Bertz CT molecular complexity index is 142. The van der Waals surface area contributed by atoms with Gasteiger partial charge in [-0.1, -0.05) is 0 Å². The smallest absolute Gasteiger partial charge is 0.311 e. The van der Waals surface area contributed by atoms with Crippen molar-refractivity contribution in [3.05, 3.63) is 0 Å². The van der Waals surface area contributed by atoms with Crippen molar-refractivity contribution in [2.75, 3.05) is 6.54 Å². The first kappa shape index (κ1) is 6.26. The van der Waals surface area contributed by atoms with Crippen LogP contribution in [0.5, 0.6) is 0 Å². The van der Waals surface area contributed by atoms with E-state index in [-0.39, 0.29) is 5.92 Å². The quantitative estimate of drug-likeness (QED) is 0.559. The van der Waals surface area contributed by atoms with Gasteiger partial charge in [-0.15, -0.1) is 0 Å². The highest BCUT2D eigenvalue weighted by molar-refractivity contribution is 5.88. The summed E-state index contributed by atoms with van der Waals surface area (Å²) in [6.45, 7) is 0.795. The van der Waals surface area contributed by atoms with Crippen molar-refractivity contribution in [3.63, 3.8) is 0 Å². The fourth-order valence-corrected chi connectivity index (χ4v) is 0.866. The molecule has 1 aliphatic heterocycles. The van der Waals surface area contributed by atoms with Crippen molar-refractivity contribution in [1.29, 1.82) is 0 Å². The van der Waals surface area contributed by atoms with E-state index in [1.807, 2.05) is 0 Å². The first-order valence-corrected chi connectivity index (χ1v) is 3.03. The van der Waals surface area contributed by atoms with Gasteiger partial charge in [0, 0.05) is 12.8 Å². The van der Waals surface area contributed by atoms with Gasteiger partial charge in [0.15, 0.2) is 0 Å². The number of aliphatic imine (C=N–C) groups is 1. The maximum absolute atomic E-state index is 10.3. The first-order chi connectivity index (χ1) is 4.30. The number of carboxylic acids is 1. The first-order valence-electron chi connectivity index (χ1n) is 3.03. The van der Waals surface area contributed by atoms with E-state index in [0.717, 1.165) is 19.4 Å². The average molecular weight is 127 g/mol. The molecule has 0 aromatic heterocycles. The Kier molecular flexibility index (Phi) is 1.82. The predicted molar refractivity (Wildman–Crippen MR) is 33.7 cm³/mol. The Labute approximate surface area is 53.4 Å². The summed E-state index contributed by atoms with van der Waals surface area (Å²) in [7, 11) is 0.